The number of benzene rings is 3. The summed E-state index contributed by atoms with van der Waals surface area (Å²) in [5.74, 6) is -0.265. The summed E-state index contributed by atoms with van der Waals surface area (Å²) in [4.78, 5) is 34.8. The summed E-state index contributed by atoms with van der Waals surface area (Å²) in [6.07, 6.45) is 1.72. The van der Waals surface area contributed by atoms with Crippen molar-refractivity contribution in [1.82, 2.24) is 15.1 Å². The molecule has 0 atom stereocenters. The van der Waals surface area contributed by atoms with Crippen LogP contribution in [0.4, 0.5) is 15.8 Å². The molecule has 0 unspecified atom stereocenters. The van der Waals surface area contributed by atoms with E-state index >= 15 is 0 Å². The minimum absolute atomic E-state index is 0.0725. The van der Waals surface area contributed by atoms with Crippen LogP contribution in [0.25, 0.3) is 0 Å². The van der Waals surface area contributed by atoms with Gasteiger partial charge in [0.1, 0.15) is 0 Å². The lowest BCUT2D eigenvalue weighted by atomic mass is 10.0. The Labute approximate surface area is 244 Å². The maximum Gasteiger partial charge on any atom is 0.254 e. The second-order valence-electron chi connectivity index (χ2n) is 10.6. The molecule has 0 radical (unpaired) electrons. The Balaban J connectivity index is 0.00000226. The first-order chi connectivity index (χ1) is 19.8. The van der Waals surface area contributed by atoms with E-state index in [1.807, 2.05) is 45.2 Å². The molecule has 1 aliphatic heterocycles. The van der Waals surface area contributed by atoms with Gasteiger partial charge >= 0.3 is 0 Å². The van der Waals surface area contributed by atoms with Crippen LogP contribution >= 0.6 is 0 Å². The van der Waals surface area contributed by atoms with Crippen LogP contribution in [0.15, 0.2) is 72.8 Å². The van der Waals surface area contributed by atoms with E-state index in [0.29, 0.717) is 37.9 Å². The van der Waals surface area contributed by atoms with Crippen molar-refractivity contribution in [2.45, 2.75) is 19.4 Å². The van der Waals surface area contributed by atoms with Crippen molar-refractivity contribution in [3.63, 3.8) is 0 Å². The van der Waals surface area contributed by atoms with Crippen molar-refractivity contribution in [1.29, 1.82) is 0 Å². The van der Waals surface area contributed by atoms with E-state index in [1.54, 1.807) is 12.1 Å². The first-order valence-electron chi connectivity index (χ1n) is 14.1. The Morgan fingerprint density at radius 1 is 0.732 bits per heavy atom. The Morgan fingerprint density at radius 2 is 1.24 bits per heavy atom. The molecule has 8 heteroatoms. The Bertz CT molecular complexity index is 1240. The lowest BCUT2D eigenvalue weighted by molar-refractivity contribution is 0.0624. The lowest BCUT2D eigenvalue weighted by Gasteiger charge is -2.35. The third-order valence-corrected chi connectivity index (χ3v) is 7.30. The molecular weight excluding hydrogens is 517 g/mol. The van der Waals surface area contributed by atoms with Crippen molar-refractivity contribution < 1.29 is 14.0 Å². The number of hydrogen-bond acceptors (Lipinski definition) is 5. The number of hydrogen-bond donors (Lipinski definition) is 1. The molecule has 0 aliphatic carbocycles. The number of nitrogens with one attached hydrogen (secondary N) is 1. The largest absolute Gasteiger partial charge is 0.378 e. The minimum Gasteiger partial charge on any atom is -0.378 e. The maximum atomic E-state index is 13.4. The molecule has 3 aromatic rings. The molecule has 0 saturated carbocycles. The predicted molar refractivity (Wildman–Crippen MR) is 167 cm³/mol. The molecule has 1 heterocycles. The molecule has 0 aromatic heterocycles. The van der Waals surface area contributed by atoms with E-state index in [4.69, 9.17) is 0 Å². The quantitative estimate of drug-likeness (QED) is 0.363. The smallest absolute Gasteiger partial charge is 0.254 e. The average Bonchev–Trinajstić information content (AvgIpc) is 3.00. The first kappa shape index (κ1) is 31.6. The molecule has 3 aromatic carbocycles. The topological polar surface area (TPSA) is 59.1 Å². The molecule has 2 amide bonds. The van der Waals surface area contributed by atoms with Gasteiger partial charge in [0, 0.05) is 78.8 Å². The standard InChI is InChI=1S/C32H41N5O2.CH3F/c1-34(2)27-15-11-25(12-16-27)8-7-19-33-31(38)29-9-5-6-10-30(29)32(39)37-22-20-36(21-23-37)24-26-13-17-28(18-14-26)35(3)4;1-2/h5-6,9-18H,7-8,19-24H2,1-4H3,(H,33,38);1H3. The van der Waals surface area contributed by atoms with Crippen LogP contribution in [-0.2, 0) is 13.0 Å². The number of amides is 2. The molecule has 0 spiro atoms. The fraction of sp³-hybridized carbons (Fsp3) is 0.394. The summed E-state index contributed by atoms with van der Waals surface area (Å²) in [7, 11) is 8.64. The third kappa shape index (κ3) is 9.05. The van der Waals surface area contributed by atoms with E-state index in [0.717, 1.165) is 32.5 Å². The fourth-order valence-electron chi connectivity index (χ4n) is 4.86. The number of aryl methyl sites for hydroxylation is 1. The summed E-state index contributed by atoms with van der Waals surface area (Å²) in [5.41, 5.74) is 5.79. The van der Waals surface area contributed by atoms with Crippen LogP contribution in [0.5, 0.6) is 0 Å². The number of anilines is 2. The lowest BCUT2D eigenvalue weighted by Crippen LogP contribution is -2.48. The number of nitrogens with zero attached hydrogens (tertiary/aromatic N) is 4. The fourth-order valence-corrected chi connectivity index (χ4v) is 4.86. The highest BCUT2D eigenvalue weighted by Crippen LogP contribution is 2.18. The van der Waals surface area contributed by atoms with Crippen molar-refractivity contribution in [3.8, 4) is 0 Å². The van der Waals surface area contributed by atoms with Crippen LogP contribution in [0, 0.1) is 0 Å². The van der Waals surface area contributed by atoms with Gasteiger partial charge in [-0.05, 0) is 60.4 Å². The number of rotatable bonds is 10. The van der Waals surface area contributed by atoms with Gasteiger partial charge in [-0.25, -0.2) is 0 Å². The zero-order chi connectivity index (χ0) is 29.8. The summed E-state index contributed by atoms with van der Waals surface area (Å²) in [5, 5.41) is 3.01. The van der Waals surface area contributed by atoms with Crippen molar-refractivity contribution in [3.05, 3.63) is 95.1 Å². The van der Waals surface area contributed by atoms with Crippen LogP contribution < -0.4 is 15.1 Å². The van der Waals surface area contributed by atoms with Crippen LogP contribution in [-0.4, -0.2) is 89.7 Å². The predicted octanol–water partition coefficient (Wildman–Crippen LogP) is 4.72. The minimum atomic E-state index is -0.193. The molecule has 7 nitrogen and oxygen atoms in total. The molecule has 1 aliphatic rings. The molecular formula is C33H44FN5O2. The summed E-state index contributed by atoms with van der Waals surface area (Å²) in [6, 6.07) is 24.3. The molecule has 41 heavy (non-hydrogen) atoms. The molecule has 1 saturated heterocycles. The van der Waals surface area contributed by atoms with Gasteiger partial charge in [-0.2, -0.15) is 0 Å². The normalized spacial score (nSPS) is 13.2. The Morgan fingerprint density at radius 3 is 1.78 bits per heavy atom. The number of piperazine rings is 1. The molecule has 1 fully saturated rings. The second-order valence-corrected chi connectivity index (χ2v) is 10.6. The third-order valence-electron chi connectivity index (χ3n) is 7.30. The molecule has 220 valence electrons. The van der Waals surface area contributed by atoms with Gasteiger partial charge in [-0.1, -0.05) is 36.4 Å². The molecule has 0 bridgehead atoms. The first-order valence-corrected chi connectivity index (χ1v) is 14.1. The van der Waals surface area contributed by atoms with E-state index < -0.39 is 0 Å². The van der Waals surface area contributed by atoms with E-state index in [2.05, 4.69) is 68.5 Å². The summed E-state index contributed by atoms with van der Waals surface area (Å²) in [6.45, 7) is 4.35. The zero-order valence-corrected chi connectivity index (χ0v) is 25.1. The highest BCUT2D eigenvalue weighted by molar-refractivity contribution is 6.07. The van der Waals surface area contributed by atoms with Gasteiger partial charge in [0.25, 0.3) is 11.8 Å². The van der Waals surface area contributed by atoms with E-state index in [1.165, 1.54) is 22.5 Å². The van der Waals surface area contributed by atoms with Crippen molar-refractivity contribution >= 4 is 23.2 Å². The number of carbonyl (C=O) groups excluding carboxylic acids is 2. The van der Waals surface area contributed by atoms with Gasteiger partial charge in [0.2, 0.25) is 0 Å². The van der Waals surface area contributed by atoms with Crippen molar-refractivity contribution in [2.24, 2.45) is 0 Å². The summed E-state index contributed by atoms with van der Waals surface area (Å²) >= 11 is 0. The van der Waals surface area contributed by atoms with Gasteiger partial charge in [0.05, 0.1) is 18.3 Å². The van der Waals surface area contributed by atoms with Crippen LogP contribution in [0.3, 0.4) is 0 Å². The van der Waals surface area contributed by atoms with Gasteiger partial charge in [-0.3, -0.25) is 18.9 Å². The van der Waals surface area contributed by atoms with Gasteiger partial charge in [0.15, 0.2) is 0 Å². The number of alkyl halides is 1. The second kappa shape index (κ2) is 15.8. The molecule has 1 N–H and O–H groups in total. The van der Waals surface area contributed by atoms with Gasteiger partial charge in [-0.15, -0.1) is 0 Å². The van der Waals surface area contributed by atoms with E-state index in [-0.39, 0.29) is 11.8 Å². The number of carbonyl (C=O) groups is 2. The Kier molecular flexibility index (Phi) is 12.2. The Hall–Kier alpha value is -3.91. The van der Waals surface area contributed by atoms with Crippen LogP contribution in [0.2, 0.25) is 0 Å². The monoisotopic (exact) mass is 561 g/mol. The molecule has 4 rings (SSSR count). The zero-order valence-electron chi connectivity index (χ0n) is 25.1. The average molecular weight is 562 g/mol. The number of halogens is 1. The maximum absolute atomic E-state index is 13.4. The van der Waals surface area contributed by atoms with E-state index in [9.17, 15) is 14.0 Å². The van der Waals surface area contributed by atoms with Crippen LogP contribution in [0.1, 0.15) is 38.3 Å². The van der Waals surface area contributed by atoms with Gasteiger partial charge < -0.3 is 20.0 Å². The highest BCUT2D eigenvalue weighted by atomic mass is 19.1. The highest BCUT2D eigenvalue weighted by Gasteiger charge is 2.25. The SMILES string of the molecule is CF.CN(C)c1ccc(CCCNC(=O)c2ccccc2C(=O)N2CCN(Cc3ccc(N(C)C)cc3)CC2)cc1. The van der Waals surface area contributed by atoms with Crippen molar-refractivity contribution in [2.75, 3.05) is 77.9 Å². The summed E-state index contributed by atoms with van der Waals surface area (Å²) < 4.78 is 9.50.